The zero-order valence-corrected chi connectivity index (χ0v) is 37.4. The van der Waals surface area contributed by atoms with Crippen LogP contribution in [0.2, 0.25) is 55.9 Å². The van der Waals surface area contributed by atoms with Gasteiger partial charge in [-0.2, -0.15) is 0 Å². The number of rotatable bonds is 11. The van der Waals surface area contributed by atoms with E-state index in [0.717, 1.165) is 19.3 Å². The number of allylic oxidation sites excluding steroid dienone is 3. The maximum absolute atomic E-state index is 13.1. The number of ether oxygens (including phenoxy) is 1. The Bertz CT molecular complexity index is 1140. The largest absolute Gasteiger partial charge is 0.463 e. The quantitative estimate of drug-likeness (QED) is 0.157. The van der Waals surface area contributed by atoms with Gasteiger partial charge in [-0.1, -0.05) is 78.7 Å². The van der Waals surface area contributed by atoms with Gasteiger partial charge in [0.1, 0.15) is 5.60 Å². The lowest BCUT2D eigenvalue weighted by atomic mass is 9.61. The van der Waals surface area contributed by atoms with Gasteiger partial charge >= 0.3 is 5.97 Å². The van der Waals surface area contributed by atoms with Gasteiger partial charge in [0.05, 0.1) is 18.8 Å². The van der Waals surface area contributed by atoms with Crippen molar-refractivity contribution in [3.05, 3.63) is 23.3 Å². The van der Waals surface area contributed by atoms with E-state index in [4.69, 9.17) is 18.0 Å². The number of esters is 1. The van der Waals surface area contributed by atoms with Gasteiger partial charge in [0.25, 0.3) is 0 Å². The van der Waals surface area contributed by atoms with Crippen LogP contribution in [0.4, 0.5) is 0 Å². The van der Waals surface area contributed by atoms with Crippen molar-refractivity contribution in [3.8, 4) is 0 Å². The minimum Gasteiger partial charge on any atom is -0.463 e. The Kier molecular flexibility index (Phi) is 13.0. The molecule has 0 amide bonds. The van der Waals surface area contributed by atoms with Gasteiger partial charge in [-0.3, -0.25) is 0 Å². The highest BCUT2D eigenvalue weighted by Crippen LogP contribution is 2.59. The molecule has 3 rings (SSSR count). The maximum atomic E-state index is 13.1. The molecule has 48 heavy (non-hydrogen) atoms. The van der Waals surface area contributed by atoms with Crippen molar-refractivity contribution < 1.29 is 22.8 Å². The fourth-order valence-corrected chi connectivity index (χ4v) is 12.7. The summed E-state index contributed by atoms with van der Waals surface area (Å²) in [6.07, 6.45) is 14.6. The molecule has 6 atom stereocenters. The molecule has 3 fully saturated rings. The monoisotopic (exact) mass is 721 g/mol. The van der Waals surface area contributed by atoms with Crippen molar-refractivity contribution in [1.82, 2.24) is 0 Å². The van der Waals surface area contributed by atoms with Crippen LogP contribution >= 0.6 is 0 Å². The van der Waals surface area contributed by atoms with Crippen molar-refractivity contribution in [2.45, 2.75) is 194 Å². The highest BCUT2D eigenvalue weighted by Gasteiger charge is 2.51. The van der Waals surface area contributed by atoms with E-state index >= 15 is 0 Å². The van der Waals surface area contributed by atoms with E-state index in [1.807, 2.05) is 13.8 Å². The Hall–Kier alpha value is -0.519. The molecule has 0 aliphatic heterocycles. The second-order valence-corrected chi connectivity index (χ2v) is 34.5. The van der Waals surface area contributed by atoms with Crippen molar-refractivity contribution in [3.63, 3.8) is 0 Å². The van der Waals surface area contributed by atoms with E-state index in [1.165, 1.54) is 37.7 Å². The van der Waals surface area contributed by atoms with Crippen molar-refractivity contribution in [1.29, 1.82) is 0 Å². The van der Waals surface area contributed by atoms with Crippen molar-refractivity contribution in [2.24, 2.45) is 23.2 Å². The SMILES string of the molecule is C[C@H](COC(=O)C(C)(C)O[Si](C)(C)C)[C@H]1CCC2/C(=C/C=C3C[C@@H](O[Si](C)(C)C(C)(C)C)C[C@H](O[Si](C)(C)C(C)(C)C)C3)CCC[C@@]21C. The molecule has 5 nitrogen and oxygen atoms in total. The smallest absolute Gasteiger partial charge is 0.336 e. The van der Waals surface area contributed by atoms with E-state index in [2.05, 4.69) is 113 Å². The molecule has 0 heterocycles. The van der Waals surface area contributed by atoms with Crippen LogP contribution in [0.15, 0.2) is 23.3 Å². The summed E-state index contributed by atoms with van der Waals surface area (Å²) < 4.78 is 26.3. The fraction of sp³-hybridized carbons (Fsp3) is 0.875. The molecular formula is C40H76O5Si3. The molecule has 3 aliphatic carbocycles. The van der Waals surface area contributed by atoms with Crippen LogP contribution in [0.25, 0.3) is 0 Å². The first-order chi connectivity index (χ1) is 21.6. The first-order valence-electron chi connectivity index (χ1n) is 19.2. The zero-order valence-electron chi connectivity index (χ0n) is 34.4. The van der Waals surface area contributed by atoms with E-state index in [-0.39, 0.29) is 33.7 Å². The lowest BCUT2D eigenvalue weighted by Crippen LogP contribution is -2.48. The van der Waals surface area contributed by atoms with Crippen LogP contribution in [0.3, 0.4) is 0 Å². The standard InChI is InChI=1S/C40H76O5Si3/c1-29(28-42-36(41)39(8,9)45-46(11,12)13)34-22-23-35-31(19-18-24-40(34,35)10)21-20-30-25-32(43-47(14,15)37(2,3)4)27-33(26-30)44-48(16,17)38(5,6)7/h20-21,29,32-35H,18-19,22-28H2,1-17H3/b31-21+/t29-,32-,33-,34-,35?,40-/m1/s1. The number of carbonyl (C=O) groups is 1. The molecule has 1 unspecified atom stereocenters. The predicted molar refractivity (Wildman–Crippen MR) is 211 cm³/mol. The lowest BCUT2D eigenvalue weighted by Gasteiger charge is -2.45. The van der Waals surface area contributed by atoms with Gasteiger partial charge in [0, 0.05) is 0 Å². The second-order valence-electron chi connectivity index (χ2n) is 20.6. The minimum absolute atomic E-state index is 0.186. The number of fused-ring (bicyclic) bond motifs is 1. The number of hydrogen-bond acceptors (Lipinski definition) is 5. The minimum atomic E-state index is -1.91. The summed E-state index contributed by atoms with van der Waals surface area (Å²) in [4.78, 5) is 13.1. The van der Waals surface area contributed by atoms with Crippen LogP contribution in [-0.4, -0.2) is 55.3 Å². The summed E-state index contributed by atoms with van der Waals surface area (Å²) in [5.41, 5.74) is 2.46. The summed E-state index contributed by atoms with van der Waals surface area (Å²) in [6.45, 7) is 39.0. The molecule has 0 N–H and O–H groups in total. The van der Waals surface area contributed by atoms with Crippen LogP contribution in [-0.2, 0) is 22.8 Å². The molecule has 0 bridgehead atoms. The summed E-state index contributed by atoms with van der Waals surface area (Å²) in [7, 11) is -5.68. The topological polar surface area (TPSA) is 54.0 Å². The fourth-order valence-electron chi connectivity index (χ4n) is 8.37. The molecule has 0 saturated heterocycles. The summed E-state index contributed by atoms with van der Waals surface area (Å²) >= 11 is 0. The molecule has 0 radical (unpaired) electrons. The molecule has 0 aromatic rings. The number of carbonyl (C=O) groups excluding carboxylic acids is 1. The van der Waals surface area contributed by atoms with Gasteiger partial charge in [-0.15, -0.1) is 0 Å². The average molecular weight is 721 g/mol. The van der Waals surface area contributed by atoms with Crippen LogP contribution in [0.5, 0.6) is 0 Å². The first-order valence-corrected chi connectivity index (χ1v) is 28.4. The van der Waals surface area contributed by atoms with Gasteiger partial charge in [0.15, 0.2) is 25.0 Å². The van der Waals surface area contributed by atoms with Gasteiger partial charge < -0.3 is 18.0 Å². The summed E-state index contributed by atoms with van der Waals surface area (Å²) in [5, 5.41) is 0.371. The molecule has 0 aromatic heterocycles. The highest BCUT2D eigenvalue weighted by molar-refractivity contribution is 6.74. The molecule has 0 aromatic carbocycles. The Morgan fingerprint density at radius 2 is 1.38 bits per heavy atom. The molecule has 3 aliphatic rings. The summed E-state index contributed by atoms with van der Waals surface area (Å²) in [6, 6.07) is 0. The van der Waals surface area contributed by atoms with Crippen LogP contribution < -0.4 is 0 Å². The molecule has 8 heteroatoms. The highest BCUT2D eigenvalue weighted by atomic mass is 28.4. The normalized spacial score (nSPS) is 29.5. The predicted octanol–water partition coefficient (Wildman–Crippen LogP) is 11.8. The Morgan fingerprint density at radius 1 is 0.854 bits per heavy atom. The summed E-state index contributed by atoms with van der Waals surface area (Å²) in [5.74, 6) is 1.24. The molecular weight excluding hydrogens is 645 g/mol. The average Bonchev–Trinajstić information content (AvgIpc) is 3.24. The molecule has 278 valence electrons. The third kappa shape index (κ3) is 10.3. The maximum Gasteiger partial charge on any atom is 0.336 e. The van der Waals surface area contributed by atoms with Crippen molar-refractivity contribution in [2.75, 3.05) is 6.61 Å². The second kappa shape index (κ2) is 14.8. The molecule has 3 saturated carbocycles. The lowest BCUT2D eigenvalue weighted by molar-refractivity contribution is -0.162. The Labute approximate surface area is 300 Å². The van der Waals surface area contributed by atoms with Gasteiger partial charge in [-0.25, -0.2) is 4.79 Å². The molecule has 0 spiro atoms. The van der Waals surface area contributed by atoms with E-state index in [9.17, 15) is 4.79 Å². The Morgan fingerprint density at radius 3 is 1.85 bits per heavy atom. The third-order valence-corrected chi connectivity index (χ3v) is 23.0. The van der Waals surface area contributed by atoms with Crippen LogP contribution in [0, 0.1) is 23.2 Å². The van der Waals surface area contributed by atoms with Crippen molar-refractivity contribution >= 4 is 30.9 Å². The Balaban J connectivity index is 1.79. The van der Waals surface area contributed by atoms with Crippen LogP contribution in [0.1, 0.15) is 121 Å². The van der Waals surface area contributed by atoms with E-state index in [0.29, 0.717) is 24.4 Å². The number of hydrogen-bond donors (Lipinski definition) is 0. The third-order valence-electron chi connectivity index (χ3n) is 12.8. The van der Waals surface area contributed by atoms with Gasteiger partial charge in [0.2, 0.25) is 0 Å². The van der Waals surface area contributed by atoms with E-state index in [1.54, 1.807) is 5.57 Å². The zero-order chi connectivity index (χ0) is 36.7. The van der Waals surface area contributed by atoms with Gasteiger partial charge in [-0.05, 0) is 144 Å². The van der Waals surface area contributed by atoms with E-state index < -0.39 is 30.6 Å². The first kappa shape index (κ1) is 41.9.